The van der Waals surface area contributed by atoms with Crippen molar-refractivity contribution in [2.75, 3.05) is 24.4 Å². The second kappa shape index (κ2) is 7.20. The van der Waals surface area contributed by atoms with Crippen LogP contribution in [0.15, 0.2) is 54.6 Å². The van der Waals surface area contributed by atoms with Gasteiger partial charge in [-0.25, -0.2) is 4.90 Å². The highest BCUT2D eigenvalue weighted by Crippen LogP contribution is 2.65. The van der Waals surface area contributed by atoms with Gasteiger partial charge in [-0.2, -0.15) is 0 Å². The minimum atomic E-state index is -0.361. The van der Waals surface area contributed by atoms with Crippen molar-refractivity contribution in [1.82, 2.24) is 0 Å². The number of hydrogen-bond donors (Lipinski definition) is 1. The number of methoxy groups -OCH3 is 2. The third-order valence-electron chi connectivity index (χ3n) is 7.69. The van der Waals surface area contributed by atoms with E-state index < -0.39 is 0 Å². The fraction of sp³-hybridized carbons (Fsp3) is 0.346. The largest absolute Gasteiger partial charge is 0.497 e. The summed E-state index contributed by atoms with van der Waals surface area (Å²) in [6.45, 7) is 0. The fourth-order valence-electron chi connectivity index (χ4n) is 6.09. The van der Waals surface area contributed by atoms with Crippen molar-refractivity contribution in [1.29, 1.82) is 0 Å². The van der Waals surface area contributed by atoms with E-state index in [0.29, 0.717) is 40.3 Å². The summed E-state index contributed by atoms with van der Waals surface area (Å²) in [6.07, 6.45) is 5.43. The molecule has 1 N–H and O–H groups in total. The SMILES string of the molecule is COc1ccc(NC(=O)c2cccc(N3C(=O)[C@@H]4[C@H]5C=C[C@H]([C@@H]6C[C@H]56)[C@@H]4C3=O)c2)c(OC)c1. The Morgan fingerprint density at radius 3 is 2.27 bits per heavy atom. The molecule has 2 aromatic carbocycles. The number of imide groups is 1. The second-order valence-electron chi connectivity index (χ2n) is 9.24. The Morgan fingerprint density at radius 2 is 1.64 bits per heavy atom. The first kappa shape index (κ1) is 20.0. The van der Waals surface area contributed by atoms with Crippen molar-refractivity contribution in [2.24, 2.45) is 35.5 Å². The quantitative estimate of drug-likeness (QED) is 0.564. The number of carbonyl (C=O) groups is 3. The van der Waals surface area contributed by atoms with E-state index in [0.717, 1.165) is 6.42 Å². The summed E-state index contributed by atoms with van der Waals surface area (Å²) in [5.74, 6) is 1.35. The number of nitrogens with one attached hydrogen (secondary N) is 1. The predicted octanol–water partition coefficient (Wildman–Crippen LogP) is 3.51. The average molecular weight is 444 g/mol. The number of anilines is 2. The van der Waals surface area contributed by atoms with Crippen molar-refractivity contribution in [3.05, 3.63) is 60.2 Å². The summed E-state index contributed by atoms with van der Waals surface area (Å²) in [5.41, 5.74) is 1.29. The molecule has 0 unspecified atom stereocenters. The Labute approximate surface area is 191 Å². The van der Waals surface area contributed by atoms with E-state index in [1.165, 1.54) is 12.0 Å². The molecule has 1 saturated heterocycles. The van der Waals surface area contributed by atoms with Crippen molar-refractivity contribution >= 4 is 29.1 Å². The number of ether oxygens (including phenoxy) is 2. The van der Waals surface area contributed by atoms with Crippen LogP contribution in [0.5, 0.6) is 11.5 Å². The van der Waals surface area contributed by atoms with E-state index in [-0.39, 0.29) is 41.4 Å². The molecule has 2 saturated carbocycles. The molecule has 5 aliphatic rings. The van der Waals surface area contributed by atoms with Gasteiger partial charge in [0.05, 0.1) is 37.4 Å². The molecule has 0 aromatic heterocycles. The number of benzene rings is 2. The summed E-state index contributed by atoms with van der Waals surface area (Å²) in [4.78, 5) is 41.0. The molecule has 7 heteroatoms. The van der Waals surface area contributed by atoms with Crippen molar-refractivity contribution in [2.45, 2.75) is 6.42 Å². The molecular weight excluding hydrogens is 420 g/mol. The van der Waals surface area contributed by atoms with Gasteiger partial charge in [-0.1, -0.05) is 18.2 Å². The van der Waals surface area contributed by atoms with Crippen LogP contribution < -0.4 is 19.7 Å². The Hall–Kier alpha value is -3.61. The average Bonchev–Trinajstić information content (AvgIpc) is 3.62. The lowest BCUT2D eigenvalue weighted by molar-refractivity contribution is -0.124. The summed E-state index contributed by atoms with van der Waals surface area (Å²) < 4.78 is 10.5. The Balaban J connectivity index is 1.26. The topological polar surface area (TPSA) is 84.9 Å². The molecule has 0 radical (unpaired) electrons. The first-order chi connectivity index (χ1) is 16.0. The third-order valence-corrected chi connectivity index (χ3v) is 7.69. The number of carbonyl (C=O) groups excluding carboxylic acids is 3. The second-order valence-corrected chi connectivity index (χ2v) is 9.24. The van der Waals surface area contributed by atoms with Crippen LogP contribution in [0.25, 0.3) is 0 Å². The Bertz CT molecular complexity index is 1180. The number of nitrogens with zero attached hydrogens (tertiary/aromatic N) is 1. The van der Waals surface area contributed by atoms with Crippen molar-refractivity contribution < 1.29 is 23.9 Å². The van der Waals surface area contributed by atoms with Crippen LogP contribution in [-0.2, 0) is 9.59 Å². The Morgan fingerprint density at radius 1 is 0.939 bits per heavy atom. The molecule has 0 spiro atoms. The lowest BCUT2D eigenvalue weighted by Gasteiger charge is -2.37. The summed E-state index contributed by atoms with van der Waals surface area (Å²) >= 11 is 0. The lowest BCUT2D eigenvalue weighted by Crippen LogP contribution is -2.40. The molecule has 33 heavy (non-hydrogen) atoms. The van der Waals surface area contributed by atoms with E-state index in [4.69, 9.17) is 9.47 Å². The lowest BCUT2D eigenvalue weighted by atomic mass is 9.63. The standard InChI is InChI=1S/C26H24N2O5/c1-32-15-6-9-20(21(11-15)33-2)27-24(29)13-4-3-5-14(10-13)28-25(30)22-16-7-8-17(19-12-18(16)19)23(22)26(28)31/h3-11,16-19,22-23H,12H2,1-2H3,(H,27,29)/t16-,17+,18+,19-,22+,23-. The maximum Gasteiger partial charge on any atom is 0.255 e. The van der Waals surface area contributed by atoms with Crippen molar-refractivity contribution in [3.63, 3.8) is 0 Å². The first-order valence-electron chi connectivity index (χ1n) is 11.2. The zero-order chi connectivity index (χ0) is 22.9. The van der Waals surface area contributed by atoms with E-state index in [1.54, 1.807) is 49.6 Å². The molecule has 7 nitrogen and oxygen atoms in total. The van der Waals surface area contributed by atoms with Crippen LogP contribution in [0, 0.1) is 35.5 Å². The van der Waals surface area contributed by atoms with Crippen LogP contribution in [0.1, 0.15) is 16.8 Å². The first-order valence-corrected chi connectivity index (χ1v) is 11.2. The van der Waals surface area contributed by atoms with Crippen LogP contribution in [0.4, 0.5) is 11.4 Å². The minimum Gasteiger partial charge on any atom is -0.497 e. The van der Waals surface area contributed by atoms with Crippen molar-refractivity contribution in [3.8, 4) is 11.5 Å². The summed E-state index contributed by atoms with van der Waals surface area (Å²) in [7, 11) is 3.07. The zero-order valence-electron chi connectivity index (χ0n) is 18.4. The fourth-order valence-corrected chi connectivity index (χ4v) is 6.09. The van der Waals surface area contributed by atoms with Gasteiger partial charge in [-0.15, -0.1) is 0 Å². The van der Waals surface area contributed by atoms with Gasteiger partial charge in [0.1, 0.15) is 11.5 Å². The molecule has 3 amide bonds. The molecule has 1 aliphatic heterocycles. The van der Waals surface area contributed by atoms with Crippen LogP contribution in [0.2, 0.25) is 0 Å². The third kappa shape index (κ3) is 2.91. The molecule has 2 bridgehead atoms. The van der Waals surface area contributed by atoms with Gasteiger partial charge in [-0.3, -0.25) is 14.4 Å². The highest BCUT2D eigenvalue weighted by molar-refractivity contribution is 6.23. The van der Waals surface area contributed by atoms with E-state index in [1.807, 2.05) is 0 Å². The molecule has 4 aliphatic carbocycles. The van der Waals surface area contributed by atoms with Gasteiger partial charge in [0.15, 0.2) is 0 Å². The maximum absolute atomic E-state index is 13.4. The monoisotopic (exact) mass is 444 g/mol. The number of amides is 3. The van der Waals surface area contributed by atoms with E-state index in [2.05, 4.69) is 17.5 Å². The van der Waals surface area contributed by atoms with Gasteiger partial charge in [0.2, 0.25) is 11.8 Å². The van der Waals surface area contributed by atoms with E-state index in [9.17, 15) is 14.4 Å². The van der Waals surface area contributed by atoms with Gasteiger partial charge in [0, 0.05) is 11.6 Å². The van der Waals surface area contributed by atoms with Gasteiger partial charge < -0.3 is 14.8 Å². The number of hydrogen-bond acceptors (Lipinski definition) is 5. The molecule has 3 fully saturated rings. The summed E-state index contributed by atoms with van der Waals surface area (Å²) in [5, 5.41) is 2.84. The summed E-state index contributed by atoms with van der Waals surface area (Å²) in [6, 6.07) is 11.8. The molecule has 1 heterocycles. The van der Waals surface area contributed by atoms with Crippen LogP contribution in [0.3, 0.4) is 0 Å². The normalized spacial score (nSPS) is 30.7. The van der Waals surface area contributed by atoms with Gasteiger partial charge >= 0.3 is 0 Å². The van der Waals surface area contributed by atoms with Crippen LogP contribution in [-0.4, -0.2) is 31.9 Å². The highest BCUT2D eigenvalue weighted by atomic mass is 16.5. The minimum absolute atomic E-state index is 0.135. The molecule has 2 aromatic rings. The molecule has 7 rings (SSSR count). The molecular formula is C26H24N2O5. The van der Waals surface area contributed by atoms with Gasteiger partial charge in [0.25, 0.3) is 5.91 Å². The smallest absolute Gasteiger partial charge is 0.255 e. The predicted molar refractivity (Wildman–Crippen MR) is 121 cm³/mol. The Kier molecular flexibility index (Phi) is 4.37. The van der Waals surface area contributed by atoms with Crippen LogP contribution >= 0.6 is 0 Å². The van der Waals surface area contributed by atoms with Gasteiger partial charge in [-0.05, 0) is 60.4 Å². The number of rotatable bonds is 5. The number of allylic oxidation sites excluding steroid dienone is 2. The maximum atomic E-state index is 13.4. The highest BCUT2D eigenvalue weighted by Gasteiger charge is 2.67. The molecule has 168 valence electrons. The molecule has 6 atom stereocenters. The van der Waals surface area contributed by atoms with E-state index >= 15 is 0 Å². The zero-order valence-corrected chi connectivity index (χ0v) is 18.4.